The number of hydrogen-bond acceptors (Lipinski definition) is 1. The lowest BCUT2D eigenvalue weighted by molar-refractivity contribution is 0.234. The summed E-state index contributed by atoms with van der Waals surface area (Å²) in [5, 5.41) is 6.82. The molecule has 0 aromatic heterocycles. The molecule has 2 atom stereocenters. The predicted molar refractivity (Wildman–Crippen MR) is 76.3 cm³/mol. The molecular weight excluding hydrogens is 271 g/mol. The molecule has 0 saturated heterocycles. The van der Waals surface area contributed by atoms with Crippen LogP contribution in [0.1, 0.15) is 38.8 Å². The monoisotopic (exact) mass is 288 g/mol. The Morgan fingerprint density at radius 3 is 2.50 bits per heavy atom. The Labute approximate surface area is 118 Å². The van der Waals surface area contributed by atoms with Crippen molar-refractivity contribution in [2.75, 3.05) is 0 Å². The summed E-state index contributed by atoms with van der Waals surface area (Å²) >= 11 is 11.9. The van der Waals surface area contributed by atoms with Gasteiger partial charge in [-0.15, -0.1) is 0 Å². The molecule has 0 bridgehead atoms. The highest BCUT2D eigenvalue weighted by atomic mass is 35.5. The van der Waals surface area contributed by atoms with Crippen molar-refractivity contribution in [3.05, 3.63) is 33.8 Å². The third-order valence-electron chi connectivity index (χ3n) is 2.77. The van der Waals surface area contributed by atoms with Gasteiger partial charge < -0.3 is 10.6 Å². The molecule has 3 nitrogen and oxygen atoms in total. The van der Waals surface area contributed by atoms with Crippen LogP contribution in [0.2, 0.25) is 10.0 Å². The van der Waals surface area contributed by atoms with Gasteiger partial charge in [-0.3, -0.25) is 0 Å². The molecule has 2 N–H and O–H groups in total. The lowest BCUT2D eigenvalue weighted by Crippen LogP contribution is -2.41. The minimum absolute atomic E-state index is 0.151. The number of halogens is 2. The van der Waals surface area contributed by atoms with E-state index in [1.807, 2.05) is 26.8 Å². The molecular formula is C13H18Cl2N2O. The van der Waals surface area contributed by atoms with E-state index in [1.165, 1.54) is 0 Å². The Kier molecular flexibility index (Phi) is 5.76. The van der Waals surface area contributed by atoms with Crippen molar-refractivity contribution < 1.29 is 4.79 Å². The predicted octanol–water partition coefficient (Wildman–Crippen LogP) is 4.15. The lowest BCUT2D eigenvalue weighted by Gasteiger charge is -2.18. The molecule has 0 spiro atoms. The van der Waals surface area contributed by atoms with Crippen molar-refractivity contribution in [3.63, 3.8) is 0 Å². The summed E-state index contributed by atoms with van der Waals surface area (Å²) in [4.78, 5) is 11.7. The van der Waals surface area contributed by atoms with E-state index in [9.17, 15) is 4.79 Å². The summed E-state index contributed by atoms with van der Waals surface area (Å²) in [6, 6.07) is 5.04. The largest absolute Gasteiger partial charge is 0.336 e. The molecule has 0 aliphatic heterocycles. The van der Waals surface area contributed by atoms with Crippen LogP contribution in [0.15, 0.2) is 18.2 Å². The quantitative estimate of drug-likeness (QED) is 0.858. The maximum Gasteiger partial charge on any atom is 0.315 e. The van der Waals surface area contributed by atoms with Gasteiger partial charge in [0.05, 0.1) is 6.04 Å². The second-order valence-corrected chi connectivity index (χ2v) is 5.16. The molecule has 0 heterocycles. The molecule has 0 unspecified atom stereocenters. The Hall–Kier alpha value is -0.930. The van der Waals surface area contributed by atoms with Gasteiger partial charge in [0, 0.05) is 16.1 Å². The van der Waals surface area contributed by atoms with Crippen LogP contribution in [0.25, 0.3) is 0 Å². The van der Waals surface area contributed by atoms with E-state index in [1.54, 1.807) is 12.1 Å². The zero-order valence-electron chi connectivity index (χ0n) is 10.8. The minimum atomic E-state index is -0.192. The standard InChI is InChI=1S/C13H18Cl2N2O/c1-4-8(2)16-13(18)17-9(3)11-6-5-10(14)7-12(11)15/h5-9H,4H2,1-3H3,(H2,16,17,18)/t8-,9-/m1/s1. The highest BCUT2D eigenvalue weighted by molar-refractivity contribution is 6.35. The van der Waals surface area contributed by atoms with Crippen LogP contribution in [-0.4, -0.2) is 12.1 Å². The molecule has 0 radical (unpaired) electrons. The Morgan fingerprint density at radius 2 is 1.94 bits per heavy atom. The fourth-order valence-electron chi connectivity index (χ4n) is 1.49. The molecule has 5 heteroatoms. The van der Waals surface area contributed by atoms with E-state index >= 15 is 0 Å². The number of benzene rings is 1. The van der Waals surface area contributed by atoms with Crippen molar-refractivity contribution >= 4 is 29.2 Å². The molecule has 0 saturated carbocycles. The van der Waals surface area contributed by atoms with Gasteiger partial charge in [0.15, 0.2) is 0 Å². The first-order chi connectivity index (χ1) is 8.43. The van der Waals surface area contributed by atoms with E-state index in [2.05, 4.69) is 10.6 Å². The third-order valence-corrected chi connectivity index (χ3v) is 3.33. The summed E-state index contributed by atoms with van der Waals surface area (Å²) < 4.78 is 0. The van der Waals surface area contributed by atoms with Crippen molar-refractivity contribution in [2.45, 2.75) is 39.3 Å². The Morgan fingerprint density at radius 1 is 1.28 bits per heavy atom. The van der Waals surface area contributed by atoms with Crippen LogP contribution >= 0.6 is 23.2 Å². The third kappa shape index (κ3) is 4.39. The van der Waals surface area contributed by atoms with Gasteiger partial charge in [0.25, 0.3) is 0 Å². The smallest absolute Gasteiger partial charge is 0.315 e. The van der Waals surface area contributed by atoms with Crippen LogP contribution in [0.3, 0.4) is 0 Å². The zero-order chi connectivity index (χ0) is 13.7. The van der Waals surface area contributed by atoms with Gasteiger partial charge in [-0.2, -0.15) is 0 Å². The average molecular weight is 289 g/mol. The second-order valence-electron chi connectivity index (χ2n) is 4.31. The summed E-state index contributed by atoms with van der Waals surface area (Å²) in [5.41, 5.74) is 0.848. The number of urea groups is 1. The highest BCUT2D eigenvalue weighted by Crippen LogP contribution is 2.25. The SMILES string of the molecule is CC[C@@H](C)NC(=O)N[C@H](C)c1ccc(Cl)cc1Cl. The van der Waals surface area contributed by atoms with Gasteiger partial charge in [0.1, 0.15) is 0 Å². The molecule has 18 heavy (non-hydrogen) atoms. The highest BCUT2D eigenvalue weighted by Gasteiger charge is 2.13. The first kappa shape index (κ1) is 15.1. The van der Waals surface area contributed by atoms with E-state index in [4.69, 9.17) is 23.2 Å². The van der Waals surface area contributed by atoms with Gasteiger partial charge in [-0.1, -0.05) is 36.2 Å². The first-order valence-corrected chi connectivity index (χ1v) is 6.71. The Balaban J connectivity index is 2.64. The van der Waals surface area contributed by atoms with Gasteiger partial charge in [-0.25, -0.2) is 4.79 Å². The van der Waals surface area contributed by atoms with Crippen molar-refractivity contribution in [1.29, 1.82) is 0 Å². The topological polar surface area (TPSA) is 41.1 Å². The molecule has 2 amide bonds. The van der Waals surface area contributed by atoms with E-state index in [-0.39, 0.29) is 18.1 Å². The summed E-state index contributed by atoms with van der Waals surface area (Å²) in [7, 11) is 0. The summed E-state index contributed by atoms with van der Waals surface area (Å²) in [6.07, 6.45) is 0.892. The number of carbonyl (C=O) groups is 1. The van der Waals surface area contributed by atoms with Crippen LogP contribution in [0, 0.1) is 0 Å². The van der Waals surface area contributed by atoms with Crippen molar-refractivity contribution in [3.8, 4) is 0 Å². The number of carbonyl (C=O) groups excluding carboxylic acids is 1. The second kappa shape index (κ2) is 6.86. The van der Waals surface area contributed by atoms with E-state index in [0.29, 0.717) is 10.0 Å². The lowest BCUT2D eigenvalue weighted by atomic mass is 10.1. The van der Waals surface area contributed by atoms with Crippen LogP contribution in [-0.2, 0) is 0 Å². The molecule has 100 valence electrons. The van der Waals surface area contributed by atoms with Crippen LogP contribution < -0.4 is 10.6 Å². The summed E-state index contributed by atoms with van der Waals surface area (Å²) in [6.45, 7) is 5.86. The molecule has 1 aromatic rings. The van der Waals surface area contributed by atoms with Crippen LogP contribution in [0.4, 0.5) is 4.79 Å². The van der Waals surface area contributed by atoms with Crippen molar-refractivity contribution in [2.24, 2.45) is 0 Å². The number of hydrogen-bond donors (Lipinski definition) is 2. The van der Waals surface area contributed by atoms with Gasteiger partial charge >= 0.3 is 6.03 Å². The fraction of sp³-hybridized carbons (Fsp3) is 0.462. The maximum atomic E-state index is 11.7. The summed E-state index contributed by atoms with van der Waals surface area (Å²) in [5.74, 6) is 0. The number of rotatable bonds is 4. The first-order valence-electron chi connectivity index (χ1n) is 5.96. The molecule has 0 fully saturated rings. The van der Waals surface area contributed by atoms with Crippen molar-refractivity contribution in [1.82, 2.24) is 10.6 Å². The Bertz CT molecular complexity index is 423. The zero-order valence-corrected chi connectivity index (χ0v) is 12.3. The molecule has 0 aliphatic rings. The fourth-order valence-corrected chi connectivity index (χ4v) is 2.07. The van der Waals surface area contributed by atoms with E-state index in [0.717, 1.165) is 12.0 Å². The molecule has 0 aliphatic carbocycles. The maximum absolute atomic E-state index is 11.7. The normalized spacial score (nSPS) is 13.8. The molecule has 1 rings (SSSR count). The molecule has 1 aromatic carbocycles. The van der Waals surface area contributed by atoms with E-state index < -0.39 is 0 Å². The van der Waals surface area contributed by atoms with Crippen LogP contribution in [0.5, 0.6) is 0 Å². The minimum Gasteiger partial charge on any atom is -0.336 e. The van der Waals surface area contributed by atoms with Gasteiger partial charge in [0.2, 0.25) is 0 Å². The number of amides is 2. The van der Waals surface area contributed by atoms with Gasteiger partial charge in [-0.05, 0) is 38.0 Å². The number of nitrogens with one attached hydrogen (secondary N) is 2. The average Bonchev–Trinajstić information content (AvgIpc) is 2.28.